The molecule has 1 aromatic heterocycles. The number of rotatable bonds is 1. The Bertz CT molecular complexity index is 413. The van der Waals surface area contributed by atoms with Crippen molar-refractivity contribution in [2.24, 2.45) is 0 Å². The van der Waals surface area contributed by atoms with E-state index in [1.54, 1.807) is 0 Å². The van der Waals surface area contributed by atoms with E-state index in [1.165, 1.54) is 6.26 Å². The molecule has 0 bridgehead atoms. The van der Waals surface area contributed by atoms with Crippen LogP contribution in [0.4, 0.5) is 0 Å². The van der Waals surface area contributed by atoms with Crippen molar-refractivity contribution in [2.45, 2.75) is 0 Å². The molecule has 12 heavy (non-hydrogen) atoms. The molecular weight excluding hydrogens is 172 g/mol. The second-order valence-corrected chi connectivity index (χ2v) is 2.65. The Morgan fingerprint density at radius 3 is 2.42 bits per heavy atom. The molecule has 0 aliphatic heterocycles. The van der Waals surface area contributed by atoms with Crippen molar-refractivity contribution < 1.29 is 8.83 Å². The molecule has 60 valence electrons. The van der Waals surface area contributed by atoms with Gasteiger partial charge in [-0.3, -0.25) is 0 Å². The van der Waals surface area contributed by atoms with Crippen molar-refractivity contribution >= 4 is 12.2 Å². The minimum atomic E-state index is 0.161. The number of hydrogen-bond acceptors (Lipinski definition) is 3. The van der Waals surface area contributed by atoms with E-state index in [2.05, 4.69) is 0 Å². The average Bonchev–Trinajstić information content (AvgIpc) is 2.54. The van der Waals surface area contributed by atoms with Crippen LogP contribution in [0.1, 0.15) is 0 Å². The third-order valence-electron chi connectivity index (χ3n) is 1.51. The van der Waals surface area contributed by atoms with Crippen molar-refractivity contribution in [3.63, 3.8) is 0 Å². The van der Waals surface area contributed by atoms with Gasteiger partial charge in [0.2, 0.25) is 0 Å². The standard InChI is InChI=1S/C9H6O2S/c12-9-10-6-8(11-9)7-4-2-1-3-5-7/h1-6H. The van der Waals surface area contributed by atoms with E-state index in [4.69, 9.17) is 21.1 Å². The van der Waals surface area contributed by atoms with Crippen LogP contribution in [0, 0.1) is 4.90 Å². The van der Waals surface area contributed by atoms with Gasteiger partial charge in [0.1, 0.15) is 6.26 Å². The third-order valence-corrected chi connectivity index (χ3v) is 1.69. The normalized spacial score (nSPS) is 10.0. The summed E-state index contributed by atoms with van der Waals surface area (Å²) in [6.45, 7) is 0. The van der Waals surface area contributed by atoms with Gasteiger partial charge in [0, 0.05) is 17.8 Å². The van der Waals surface area contributed by atoms with E-state index >= 15 is 0 Å². The molecule has 0 atom stereocenters. The van der Waals surface area contributed by atoms with E-state index in [0.717, 1.165) is 5.56 Å². The molecule has 0 aliphatic rings. The van der Waals surface area contributed by atoms with Crippen LogP contribution >= 0.6 is 12.2 Å². The lowest BCUT2D eigenvalue weighted by molar-refractivity contribution is 0.423. The minimum Gasteiger partial charge on any atom is -0.421 e. The van der Waals surface area contributed by atoms with Gasteiger partial charge in [-0.05, 0) is 0 Å². The van der Waals surface area contributed by atoms with Gasteiger partial charge in [-0.15, -0.1) is 0 Å². The zero-order valence-electron chi connectivity index (χ0n) is 6.19. The Kier molecular flexibility index (Phi) is 1.80. The summed E-state index contributed by atoms with van der Waals surface area (Å²) in [6, 6.07) is 9.67. The van der Waals surface area contributed by atoms with Crippen LogP contribution in [0.2, 0.25) is 0 Å². The Morgan fingerprint density at radius 1 is 1.08 bits per heavy atom. The van der Waals surface area contributed by atoms with Crippen molar-refractivity contribution in [2.75, 3.05) is 0 Å². The smallest absolute Gasteiger partial charge is 0.363 e. The van der Waals surface area contributed by atoms with Gasteiger partial charge in [-0.1, -0.05) is 30.3 Å². The Hall–Kier alpha value is -1.35. The molecule has 1 aromatic carbocycles. The second kappa shape index (κ2) is 2.95. The summed E-state index contributed by atoms with van der Waals surface area (Å²) in [5.41, 5.74) is 0.970. The van der Waals surface area contributed by atoms with Gasteiger partial charge in [0.25, 0.3) is 0 Å². The molecule has 0 amide bonds. The maximum Gasteiger partial charge on any atom is 0.363 e. The summed E-state index contributed by atoms with van der Waals surface area (Å²) < 4.78 is 9.98. The van der Waals surface area contributed by atoms with Crippen LogP contribution in [0.5, 0.6) is 0 Å². The highest BCUT2D eigenvalue weighted by molar-refractivity contribution is 7.71. The van der Waals surface area contributed by atoms with Crippen LogP contribution in [0.15, 0.2) is 45.4 Å². The molecule has 0 aliphatic carbocycles. The van der Waals surface area contributed by atoms with Crippen LogP contribution in [0.3, 0.4) is 0 Å². The molecule has 0 unspecified atom stereocenters. The first-order chi connectivity index (χ1) is 5.86. The maximum absolute atomic E-state index is 5.12. The molecule has 0 saturated carbocycles. The van der Waals surface area contributed by atoms with Crippen LogP contribution < -0.4 is 0 Å². The Labute approximate surface area is 74.4 Å². The lowest BCUT2D eigenvalue weighted by atomic mass is 10.2. The fourth-order valence-corrected chi connectivity index (χ4v) is 1.11. The molecule has 1 heterocycles. The Balaban J connectivity index is 2.51. The molecule has 0 N–H and O–H groups in total. The highest BCUT2D eigenvalue weighted by Crippen LogP contribution is 2.19. The van der Waals surface area contributed by atoms with E-state index in [-0.39, 0.29) is 4.90 Å². The molecule has 2 aromatic rings. The summed E-state index contributed by atoms with van der Waals surface area (Å²) >= 11 is 4.70. The fourth-order valence-electron chi connectivity index (χ4n) is 0.969. The lowest BCUT2D eigenvalue weighted by Crippen LogP contribution is -1.69. The quantitative estimate of drug-likeness (QED) is 0.627. The topological polar surface area (TPSA) is 26.3 Å². The molecule has 0 radical (unpaired) electrons. The molecule has 0 spiro atoms. The van der Waals surface area contributed by atoms with Gasteiger partial charge < -0.3 is 8.83 Å². The fraction of sp³-hybridized carbons (Fsp3) is 0. The van der Waals surface area contributed by atoms with Gasteiger partial charge in [0.15, 0.2) is 5.76 Å². The number of benzene rings is 1. The van der Waals surface area contributed by atoms with Crippen LogP contribution in [-0.2, 0) is 0 Å². The van der Waals surface area contributed by atoms with Crippen molar-refractivity contribution in [1.29, 1.82) is 0 Å². The van der Waals surface area contributed by atoms with Crippen molar-refractivity contribution in [1.82, 2.24) is 0 Å². The number of hydrogen-bond donors (Lipinski definition) is 0. The van der Waals surface area contributed by atoms with E-state index in [9.17, 15) is 0 Å². The first-order valence-electron chi connectivity index (χ1n) is 3.50. The van der Waals surface area contributed by atoms with Gasteiger partial charge in [0.05, 0.1) is 0 Å². The van der Waals surface area contributed by atoms with Gasteiger partial charge >= 0.3 is 4.90 Å². The van der Waals surface area contributed by atoms with E-state index < -0.39 is 0 Å². The second-order valence-electron chi connectivity index (χ2n) is 2.32. The molecule has 0 saturated heterocycles. The van der Waals surface area contributed by atoms with Gasteiger partial charge in [-0.25, -0.2) is 0 Å². The predicted molar refractivity (Wildman–Crippen MR) is 47.2 cm³/mol. The van der Waals surface area contributed by atoms with Crippen molar-refractivity contribution in [3.05, 3.63) is 41.5 Å². The predicted octanol–water partition coefficient (Wildman–Crippen LogP) is 3.27. The van der Waals surface area contributed by atoms with Crippen molar-refractivity contribution in [3.8, 4) is 11.3 Å². The highest BCUT2D eigenvalue weighted by atomic mass is 32.1. The summed E-state index contributed by atoms with van der Waals surface area (Å²) in [5.74, 6) is 0.667. The zero-order chi connectivity index (χ0) is 8.39. The largest absolute Gasteiger partial charge is 0.421 e. The molecule has 2 rings (SSSR count). The maximum atomic E-state index is 5.12. The lowest BCUT2D eigenvalue weighted by Gasteiger charge is -1.90. The summed E-state index contributed by atoms with van der Waals surface area (Å²) in [5, 5.41) is 0. The third kappa shape index (κ3) is 1.31. The zero-order valence-corrected chi connectivity index (χ0v) is 7.01. The van der Waals surface area contributed by atoms with E-state index in [1.807, 2.05) is 30.3 Å². The van der Waals surface area contributed by atoms with E-state index in [0.29, 0.717) is 5.76 Å². The van der Waals surface area contributed by atoms with Crippen LogP contribution in [-0.4, -0.2) is 0 Å². The Morgan fingerprint density at radius 2 is 1.83 bits per heavy atom. The summed E-state index contributed by atoms with van der Waals surface area (Å²) in [4.78, 5) is 0.161. The average molecular weight is 178 g/mol. The molecular formula is C9H6O2S. The first-order valence-corrected chi connectivity index (χ1v) is 3.91. The molecule has 3 heteroatoms. The first kappa shape index (κ1) is 7.31. The SMILES string of the molecule is S=c1occ(-c2ccccc2)o1. The summed E-state index contributed by atoms with van der Waals surface area (Å²) in [7, 11) is 0. The molecule has 0 fully saturated rings. The minimum absolute atomic E-state index is 0.161. The molecule has 2 nitrogen and oxygen atoms in total. The van der Waals surface area contributed by atoms with Crippen LogP contribution in [0.25, 0.3) is 11.3 Å². The highest BCUT2D eigenvalue weighted by Gasteiger charge is 2.00. The monoisotopic (exact) mass is 178 g/mol. The van der Waals surface area contributed by atoms with Gasteiger partial charge in [-0.2, -0.15) is 0 Å². The summed E-state index contributed by atoms with van der Waals surface area (Å²) in [6.07, 6.45) is 1.51.